The lowest BCUT2D eigenvalue weighted by Crippen LogP contribution is -2.72. The summed E-state index contributed by atoms with van der Waals surface area (Å²) in [5, 5.41) is 14.3. The zero-order chi connectivity index (χ0) is 20.7. The topological polar surface area (TPSA) is 78.4 Å². The summed E-state index contributed by atoms with van der Waals surface area (Å²) in [5.74, 6) is -2.99. The van der Waals surface area contributed by atoms with Crippen LogP contribution in [-0.2, 0) is 0 Å². The highest BCUT2D eigenvalue weighted by Crippen LogP contribution is 2.44. The van der Waals surface area contributed by atoms with E-state index in [1.54, 1.807) is 19.1 Å². The van der Waals surface area contributed by atoms with Crippen molar-refractivity contribution in [1.29, 1.82) is 0 Å². The molecule has 0 spiro atoms. The van der Waals surface area contributed by atoms with Crippen LogP contribution in [0.1, 0.15) is 27.5 Å². The van der Waals surface area contributed by atoms with E-state index in [2.05, 4.69) is 21.2 Å². The van der Waals surface area contributed by atoms with Crippen molar-refractivity contribution in [3.05, 3.63) is 69.7 Å². The Labute approximate surface area is 167 Å². The van der Waals surface area contributed by atoms with Crippen LogP contribution in [0.15, 0.2) is 53.0 Å². The number of alkyl halides is 3. The normalized spacial score (nSPS) is 25.0. The van der Waals surface area contributed by atoms with E-state index in [-0.39, 0.29) is 11.1 Å². The van der Waals surface area contributed by atoms with Crippen LogP contribution in [0.4, 0.5) is 18.0 Å². The van der Waals surface area contributed by atoms with Crippen molar-refractivity contribution in [2.45, 2.75) is 24.9 Å². The number of halogens is 4. The minimum atomic E-state index is -5.27. The second kappa shape index (κ2) is 7.21. The fourth-order valence-corrected chi connectivity index (χ4v) is 3.45. The van der Waals surface area contributed by atoms with Crippen LogP contribution in [0.5, 0.6) is 0 Å². The summed E-state index contributed by atoms with van der Waals surface area (Å²) in [6.07, 6.45) is -5.27. The third kappa shape index (κ3) is 3.64. The van der Waals surface area contributed by atoms with Crippen LogP contribution in [0.25, 0.3) is 0 Å². The van der Waals surface area contributed by atoms with Gasteiger partial charge in [-0.05, 0) is 24.6 Å². The molecule has 3 atom stereocenters. The van der Waals surface area contributed by atoms with Crippen molar-refractivity contribution in [3.63, 3.8) is 0 Å². The van der Waals surface area contributed by atoms with E-state index in [4.69, 9.17) is 0 Å². The number of aliphatic hydroxyl groups is 1. The maximum Gasteiger partial charge on any atom is 0.437 e. The molecule has 1 aliphatic rings. The van der Waals surface area contributed by atoms with Crippen LogP contribution < -0.4 is 10.6 Å². The molecule has 2 amide bonds. The summed E-state index contributed by atoms with van der Waals surface area (Å²) in [4.78, 5) is 25.0. The van der Waals surface area contributed by atoms with Crippen molar-refractivity contribution < 1.29 is 27.9 Å². The maximum atomic E-state index is 13.8. The molecule has 0 aliphatic carbocycles. The Hall–Kier alpha value is -2.39. The Morgan fingerprint density at radius 3 is 2.21 bits per heavy atom. The van der Waals surface area contributed by atoms with Gasteiger partial charge in [-0.1, -0.05) is 57.9 Å². The Morgan fingerprint density at radius 2 is 1.68 bits per heavy atom. The summed E-state index contributed by atoms with van der Waals surface area (Å²) in [6, 6.07) is 9.47. The fraction of sp³-hybridized carbons (Fsp3) is 0.263. The quantitative estimate of drug-likeness (QED) is 0.613. The van der Waals surface area contributed by atoms with E-state index < -0.39 is 35.7 Å². The van der Waals surface area contributed by atoms with Gasteiger partial charge in [0, 0.05) is 10.0 Å². The van der Waals surface area contributed by atoms with Gasteiger partial charge < -0.3 is 15.7 Å². The zero-order valence-corrected chi connectivity index (χ0v) is 16.1. The predicted octanol–water partition coefficient (Wildman–Crippen LogP) is 3.86. The van der Waals surface area contributed by atoms with Gasteiger partial charge in [-0.15, -0.1) is 0 Å². The SMILES string of the molecule is Cc1ccc([C@H]2NC(=O)N[C@@](O)(C(F)(F)F)[C@@H]2C(=O)c2ccc(Br)cc2)cc1. The molecule has 2 aromatic carbocycles. The van der Waals surface area contributed by atoms with Gasteiger partial charge in [-0.2, -0.15) is 13.2 Å². The molecule has 148 valence electrons. The number of carbonyl (C=O) groups excluding carboxylic acids is 2. The van der Waals surface area contributed by atoms with Crippen molar-refractivity contribution in [3.8, 4) is 0 Å². The van der Waals surface area contributed by atoms with Gasteiger partial charge in [0.25, 0.3) is 0 Å². The first-order valence-corrected chi connectivity index (χ1v) is 9.06. The number of benzene rings is 2. The number of Topliss-reactive ketones (excluding diaryl/α,β-unsaturated/α-hetero) is 1. The molecule has 1 saturated heterocycles. The number of urea groups is 1. The fourth-order valence-electron chi connectivity index (χ4n) is 3.18. The largest absolute Gasteiger partial charge is 0.437 e. The van der Waals surface area contributed by atoms with Crippen LogP contribution in [0, 0.1) is 12.8 Å². The van der Waals surface area contributed by atoms with Crippen molar-refractivity contribution in [2.75, 3.05) is 0 Å². The van der Waals surface area contributed by atoms with Crippen molar-refractivity contribution in [2.24, 2.45) is 5.92 Å². The molecule has 3 rings (SSSR count). The number of nitrogens with one attached hydrogen (secondary N) is 2. The maximum absolute atomic E-state index is 13.8. The molecule has 0 saturated carbocycles. The van der Waals surface area contributed by atoms with Gasteiger partial charge in [0.1, 0.15) is 5.92 Å². The van der Waals surface area contributed by atoms with Crippen LogP contribution in [0.2, 0.25) is 0 Å². The van der Waals surface area contributed by atoms with Gasteiger partial charge in [0.15, 0.2) is 5.78 Å². The summed E-state index contributed by atoms with van der Waals surface area (Å²) in [7, 11) is 0. The zero-order valence-electron chi connectivity index (χ0n) is 14.5. The standard InChI is InChI=1S/C19H16BrF3N2O3/c1-10-2-4-11(5-3-10)15-14(16(26)12-6-8-13(20)9-7-12)18(28,19(21,22)23)25-17(27)24-15/h2-9,14-15,28H,1H3,(H2,24,25,27)/t14-,15+,18-/m0/s1. The van der Waals surface area contributed by atoms with Gasteiger partial charge in [-0.25, -0.2) is 4.79 Å². The monoisotopic (exact) mass is 456 g/mol. The van der Waals surface area contributed by atoms with Crippen molar-refractivity contribution in [1.82, 2.24) is 10.6 Å². The lowest BCUT2D eigenvalue weighted by Gasteiger charge is -2.45. The second-order valence-electron chi connectivity index (χ2n) is 6.60. The van der Waals surface area contributed by atoms with E-state index in [0.29, 0.717) is 4.47 Å². The highest BCUT2D eigenvalue weighted by Gasteiger charge is 2.66. The predicted molar refractivity (Wildman–Crippen MR) is 98.6 cm³/mol. The highest BCUT2D eigenvalue weighted by molar-refractivity contribution is 9.10. The number of carbonyl (C=O) groups is 2. The number of hydrogen-bond acceptors (Lipinski definition) is 3. The summed E-state index contributed by atoms with van der Waals surface area (Å²) in [6.45, 7) is 1.79. The first-order valence-electron chi connectivity index (χ1n) is 8.27. The van der Waals surface area contributed by atoms with E-state index in [9.17, 15) is 27.9 Å². The molecule has 1 aliphatic heterocycles. The van der Waals surface area contributed by atoms with E-state index in [1.807, 2.05) is 0 Å². The summed E-state index contributed by atoms with van der Waals surface area (Å²) >= 11 is 3.20. The molecule has 1 heterocycles. The Bertz CT molecular complexity index is 900. The number of aryl methyl sites for hydroxylation is 1. The van der Waals surface area contributed by atoms with Gasteiger partial charge >= 0.3 is 12.2 Å². The third-order valence-corrected chi connectivity index (χ3v) is 5.18. The molecule has 1 fully saturated rings. The molecule has 5 nitrogen and oxygen atoms in total. The Balaban J connectivity index is 2.15. The van der Waals surface area contributed by atoms with Gasteiger partial charge in [-0.3, -0.25) is 4.79 Å². The molecule has 0 unspecified atom stereocenters. The summed E-state index contributed by atoms with van der Waals surface area (Å²) in [5.41, 5.74) is -2.62. The molecule has 28 heavy (non-hydrogen) atoms. The second-order valence-corrected chi connectivity index (χ2v) is 7.52. The molecular formula is C19H16BrF3N2O3. The number of hydrogen-bond donors (Lipinski definition) is 3. The Morgan fingerprint density at radius 1 is 1.11 bits per heavy atom. The average molecular weight is 457 g/mol. The van der Waals surface area contributed by atoms with Crippen LogP contribution in [-0.4, -0.2) is 28.8 Å². The van der Waals surface area contributed by atoms with E-state index >= 15 is 0 Å². The van der Waals surface area contributed by atoms with Gasteiger partial charge in [0.05, 0.1) is 6.04 Å². The van der Waals surface area contributed by atoms with E-state index in [1.165, 1.54) is 41.7 Å². The minimum Gasteiger partial charge on any atom is -0.363 e. The van der Waals surface area contributed by atoms with E-state index in [0.717, 1.165) is 5.56 Å². The van der Waals surface area contributed by atoms with Crippen molar-refractivity contribution >= 4 is 27.7 Å². The lowest BCUT2D eigenvalue weighted by molar-refractivity contribution is -0.287. The molecule has 3 N–H and O–H groups in total. The summed E-state index contributed by atoms with van der Waals surface area (Å²) < 4.78 is 42.0. The molecule has 0 radical (unpaired) electrons. The number of ketones is 1. The van der Waals surface area contributed by atoms with Crippen LogP contribution >= 0.6 is 15.9 Å². The molecule has 2 aromatic rings. The molecular weight excluding hydrogens is 441 g/mol. The molecule has 0 bridgehead atoms. The number of rotatable bonds is 3. The molecule has 9 heteroatoms. The average Bonchev–Trinajstić information content (AvgIpc) is 2.61. The Kier molecular flexibility index (Phi) is 5.24. The first kappa shape index (κ1) is 20.3. The number of amides is 2. The third-order valence-electron chi connectivity index (χ3n) is 4.65. The first-order chi connectivity index (χ1) is 13.0. The molecule has 0 aromatic heterocycles. The smallest absolute Gasteiger partial charge is 0.363 e. The van der Waals surface area contributed by atoms with Crippen LogP contribution in [0.3, 0.4) is 0 Å². The van der Waals surface area contributed by atoms with Gasteiger partial charge in [0.2, 0.25) is 5.72 Å². The lowest BCUT2D eigenvalue weighted by atomic mass is 9.77. The highest BCUT2D eigenvalue weighted by atomic mass is 79.9. The minimum absolute atomic E-state index is 0.0223.